The van der Waals surface area contributed by atoms with Gasteiger partial charge in [0.05, 0.1) is 6.61 Å². The van der Waals surface area contributed by atoms with Crippen LogP contribution in [0.15, 0.2) is 0 Å². The van der Waals surface area contributed by atoms with Crippen molar-refractivity contribution in [1.82, 2.24) is 5.32 Å². The van der Waals surface area contributed by atoms with Gasteiger partial charge in [-0.15, -0.1) is 0 Å². The highest BCUT2D eigenvalue weighted by molar-refractivity contribution is 8.06. The Balaban J connectivity index is 0. The van der Waals surface area contributed by atoms with Gasteiger partial charge in [0.2, 0.25) is 0 Å². The second-order valence-electron chi connectivity index (χ2n) is 2.22. The highest BCUT2D eigenvalue weighted by Crippen LogP contribution is 2.35. The van der Waals surface area contributed by atoms with Crippen molar-refractivity contribution < 1.29 is 19.8 Å². The van der Waals surface area contributed by atoms with Crippen LogP contribution in [0.2, 0.25) is 0 Å². The van der Waals surface area contributed by atoms with Gasteiger partial charge in [0.15, 0.2) is 0 Å². The Morgan fingerprint density at radius 3 is 2.46 bits per heavy atom. The summed E-state index contributed by atoms with van der Waals surface area (Å²) in [5, 5.41) is 3.00. The first-order valence-corrected chi connectivity index (χ1v) is 6.29. The molecule has 7 N–H and O–H groups in total. The first-order valence-electron chi connectivity index (χ1n) is 3.67. The van der Waals surface area contributed by atoms with Gasteiger partial charge in [0, 0.05) is 6.54 Å². The predicted octanol–water partition coefficient (Wildman–Crippen LogP) is -1.67. The van der Waals surface area contributed by atoms with E-state index in [1.54, 1.807) is 0 Å². The van der Waals surface area contributed by atoms with Crippen LogP contribution < -0.4 is 11.1 Å². The second-order valence-corrected chi connectivity index (χ2v) is 4.88. The topological polar surface area (TPSA) is 119 Å². The maximum Gasteiger partial charge on any atom is 0.321 e. The summed E-state index contributed by atoms with van der Waals surface area (Å²) < 4.78 is 4.55. The number of rotatable bonds is 7. The van der Waals surface area contributed by atoms with Gasteiger partial charge in [0.25, 0.3) is 0 Å². The first-order chi connectivity index (χ1) is 5.56. The van der Waals surface area contributed by atoms with E-state index in [9.17, 15) is 0 Å². The average molecular weight is 232 g/mol. The minimum Gasteiger partial charge on any atom is -0.412 e. The molecule has 0 bridgehead atoms. The van der Waals surface area contributed by atoms with Crippen molar-refractivity contribution in [3.8, 4) is 0 Å². The second kappa shape index (κ2) is 8.98. The standard InChI is InChI=1S/C5H15N2O3PS.H2O/c6-2-1-3-7-4-5-10-11(8,9)12;/h7H,1-6H2,(H2,8,9,12);1H2. The molecule has 0 aliphatic rings. The van der Waals surface area contributed by atoms with Crippen molar-refractivity contribution in [2.24, 2.45) is 5.73 Å². The summed E-state index contributed by atoms with van der Waals surface area (Å²) in [5.74, 6) is 0. The molecule has 0 heterocycles. The van der Waals surface area contributed by atoms with E-state index in [1.807, 2.05) is 0 Å². The normalized spacial score (nSPS) is 11.0. The lowest BCUT2D eigenvalue weighted by Gasteiger charge is -2.08. The van der Waals surface area contributed by atoms with Crippen molar-refractivity contribution in [2.75, 3.05) is 26.2 Å². The third-order valence-electron chi connectivity index (χ3n) is 1.10. The fourth-order valence-electron chi connectivity index (χ4n) is 0.589. The van der Waals surface area contributed by atoms with Crippen molar-refractivity contribution in [3.63, 3.8) is 0 Å². The molecule has 0 spiro atoms. The quantitative estimate of drug-likeness (QED) is 0.307. The largest absolute Gasteiger partial charge is 0.412 e. The fraction of sp³-hybridized carbons (Fsp3) is 1.00. The van der Waals surface area contributed by atoms with E-state index in [2.05, 4.69) is 21.6 Å². The molecule has 0 saturated carbocycles. The average Bonchev–Trinajstić information content (AvgIpc) is 1.94. The molecule has 13 heavy (non-hydrogen) atoms. The molecule has 0 aromatic carbocycles. The molecule has 82 valence electrons. The lowest BCUT2D eigenvalue weighted by molar-refractivity contribution is 0.251. The van der Waals surface area contributed by atoms with Gasteiger partial charge in [-0.3, -0.25) is 0 Å². The molecule has 0 amide bonds. The molecule has 0 aliphatic heterocycles. The molecule has 0 aromatic heterocycles. The van der Waals surface area contributed by atoms with Gasteiger partial charge in [-0.2, -0.15) is 0 Å². The van der Waals surface area contributed by atoms with Crippen molar-refractivity contribution in [3.05, 3.63) is 0 Å². The minimum absolute atomic E-state index is 0. The van der Waals surface area contributed by atoms with Crippen molar-refractivity contribution in [1.29, 1.82) is 0 Å². The Hall–Kier alpha value is 0.410. The van der Waals surface area contributed by atoms with Crippen LogP contribution in [0.1, 0.15) is 6.42 Å². The molecule has 6 nitrogen and oxygen atoms in total. The van der Waals surface area contributed by atoms with E-state index in [4.69, 9.17) is 15.5 Å². The van der Waals surface area contributed by atoms with E-state index >= 15 is 0 Å². The van der Waals surface area contributed by atoms with Crippen molar-refractivity contribution in [2.45, 2.75) is 6.42 Å². The molecule has 0 saturated heterocycles. The first kappa shape index (κ1) is 15.9. The van der Waals surface area contributed by atoms with Crippen LogP contribution in [-0.2, 0) is 16.3 Å². The van der Waals surface area contributed by atoms with Gasteiger partial charge in [-0.05, 0) is 31.3 Å². The Labute approximate surface area is 82.7 Å². The molecule has 0 atom stereocenters. The Morgan fingerprint density at radius 1 is 1.38 bits per heavy atom. The molecule has 0 radical (unpaired) electrons. The van der Waals surface area contributed by atoms with Crippen LogP contribution in [0, 0.1) is 0 Å². The van der Waals surface area contributed by atoms with E-state index in [0.717, 1.165) is 13.0 Å². The minimum atomic E-state index is -3.45. The molecule has 0 rings (SSSR count). The zero-order valence-corrected chi connectivity index (χ0v) is 8.98. The summed E-state index contributed by atoms with van der Waals surface area (Å²) >= 11 is 4.24. The number of nitrogens with one attached hydrogen (secondary N) is 1. The maximum atomic E-state index is 8.63. The molecular formula is C5H17N2O4PS. The van der Waals surface area contributed by atoms with Gasteiger partial charge in [-0.25, -0.2) is 0 Å². The van der Waals surface area contributed by atoms with E-state index in [1.165, 1.54) is 0 Å². The molecular weight excluding hydrogens is 215 g/mol. The molecule has 0 fully saturated rings. The lowest BCUT2D eigenvalue weighted by atomic mass is 10.4. The molecule has 0 aliphatic carbocycles. The van der Waals surface area contributed by atoms with Crippen molar-refractivity contribution >= 4 is 18.5 Å². The molecule has 0 aromatic rings. The fourth-order valence-corrected chi connectivity index (χ4v) is 1.14. The Kier molecular flexibility index (Phi) is 11.0. The SMILES string of the molecule is NCCCNCCOP(O)(O)=S.O. The predicted molar refractivity (Wildman–Crippen MR) is 54.8 cm³/mol. The smallest absolute Gasteiger partial charge is 0.321 e. The third kappa shape index (κ3) is 15.2. The highest BCUT2D eigenvalue weighted by atomic mass is 32.5. The molecule has 0 unspecified atom stereocenters. The van der Waals surface area contributed by atoms with Crippen LogP contribution in [0.25, 0.3) is 0 Å². The van der Waals surface area contributed by atoms with Crippen LogP contribution in [0.4, 0.5) is 0 Å². The lowest BCUT2D eigenvalue weighted by Crippen LogP contribution is -2.22. The van der Waals surface area contributed by atoms with E-state index < -0.39 is 6.72 Å². The van der Waals surface area contributed by atoms with Crippen LogP contribution in [0.3, 0.4) is 0 Å². The maximum absolute atomic E-state index is 8.63. The summed E-state index contributed by atoms with van der Waals surface area (Å²) in [6.07, 6.45) is 0.895. The number of hydrogen-bond donors (Lipinski definition) is 4. The van der Waals surface area contributed by atoms with E-state index in [-0.39, 0.29) is 12.1 Å². The summed E-state index contributed by atoms with van der Waals surface area (Å²) in [6.45, 7) is -1.23. The van der Waals surface area contributed by atoms with Crippen LogP contribution in [0.5, 0.6) is 0 Å². The molecule has 8 heteroatoms. The zero-order chi connectivity index (χ0) is 9.45. The van der Waals surface area contributed by atoms with Gasteiger partial charge < -0.3 is 30.8 Å². The highest BCUT2D eigenvalue weighted by Gasteiger charge is 2.05. The van der Waals surface area contributed by atoms with Gasteiger partial charge >= 0.3 is 6.72 Å². The summed E-state index contributed by atoms with van der Waals surface area (Å²) in [5.41, 5.74) is 5.25. The summed E-state index contributed by atoms with van der Waals surface area (Å²) in [6, 6.07) is 0. The monoisotopic (exact) mass is 232 g/mol. The number of hydrogen-bond acceptors (Lipinski definition) is 4. The van der Waals surface area contributed by atoms with E-state index in [0.29, 0.717) is 13.1 Å². The Morgan fingerprint density at radius 2 is 2.00 bits per heavy atom. The number of nitrogens with two attached hydrogens (primary N) is 1. The third-order valence-corrected chi connectivity index (χ3v) is 1.93. The van der Waals surface area contributed by atoms with Crippen LogP contribution >= 0.6 is 6.72 Å². The Bertz CT molecular complexity index is 153. The zero-order valence-electron chi connectivity index (χ0n) is 7.27. The summed E-state index contributed by atoms with van der Waals surface area (Å²) in [7, 11) is 0. The summed E-state index contributed by atoms with van der Waals surface area (Å²) in [4.78, 5) is 17.3. The van der Waals surface area contributed by atoms with Gasteiger partial charge in [-0.1, -0.05) is 0 Å². The van der Waals surface area contributed by atoms with Gasteiger partial charge in [0.1, 0.15) is 0 Å². The van der Waals surface area contributed by atoms with Crippen LogP contribution in [-0.4, -0.2) is 41.5 Å².